The van der Waals surface area contributed by atoms with Crippen LogP contribution >= 0.6 is 0 Å². The molecule has 1 aromatic carbocycles. The third-order valence-corrected chi connectivity index (χ3v) is 5.92. The number of hydrogen-bond donors (Lipinski definition) is 1. The Morgan fingerprint density at radius 2 is 1.69 bits per heavy atom. The Bertz CT molecular complexity index is 1760. The Morgan fingerprint density at radius 1 is 0.917 bits per heavy atom. The predicted octanol–water partition coefficient (Wildman–Crippen LogP) is 2.31. The lowest BCUT2D eigenvalue weighted by atomic mass is 10.1. The number of ether oxygens (including phenoxy) is 2. The van der Waals surface area contributed by atoms with Crippen molar-refractivity contribution in [1.29, 1.82) is 0 Å². The summed E-state index contributed by atoms with van der Waals surface area (Å²) in [7, 11) is 0. The predicted molar refractivity (Wildman–Crippen MR) is 132 cm³/mol. The van der Waals surface area contributed by atoms with Gasteiger partial charge in [0.2, 0.25) is 0 Å². The molecular formula is C26H19N5O5. The molecule has 1 aliphatic heterocycles. The lowest BCUT2D eigenvalue weighted by Crippen LogP contribution is -2.33. The molecule has 1 N–H and O–H groups in total. The molecule has 0 saturated carbocycles. The molecule has 5 aromatic rings. The largest absolute Gasteiger partial charge is 0.486 e. The minimum Gasteiger partial charge on any atom is -0.486 e. The maximum absolute atomic E-state index is 13.3. The topological polar surface area (TPSA) is 117 Å². The standard InChI is InChI=1S/C26H19N5O5/c32-24(17-2-1-7-27-14-17)29-31-9-6-21-19(26(31)34)13-18-20(28-21)5-8-30(25(18)33)15-16-3-4-22-23(12-16)36-11-10-35-22/h1-9,12-14H,10-11,15H2,(H,29,32). The first-order valence-electron chi connectivity index (χ1n) is 11.2. The van der Waals surface area contributed by atoms with Crippen molar-refractivity contribution >= 4 is 27.7 Å². The fourth-order valence-corrected chi connectivity index (χ4v) is 4.13. The summed E-state index contributed by atoms with van der Waals surface area (Å²) in [5.74, 6) is 0.840. The van der Waals surface area contributed by atoms with Gasteiger partial charge in [-0.15, -0.1) is 0 Å². The molecule has 0 bridgehead atoms. The maximum atomic E-state index is 13.3. The Labute approximate surface area is 203 Å². The number of rotatable bonds is 4. The molecule has 0 radical (unpaired) electrons. The number of hydrogen-bond acceptors (Lipinski definition) is 7. The average molecular weight is 481 g/mol. The highest BCUT2D eigenvalue weighted by Gasteiger charge is 2.14. The van der Waals surface area contributed by atoms with Gasteiger partial charge in [-0.25, -0.2) is 9.66 Å². The number of nitrogens with zero attached hydrogens (tertiary/aromatic N) is 4. The summed E-state index contributed by atoms with van der Waals surface area (Å²) in [4.78, 5) is 47.3. The molecular weight excluding hydrogens is 462 g/mol. The quantitative estimate of drug-likeness (QED) is 0.392. The molecule has 0 aliphatic carbocycles. The van der Waals surface area contributed by atoms with Crippen LogP contribution in [0.15, 0.2) is 82.9 Å². The fourth-order valence-electron chi connectivity index (χ4n) is 4.13. The van der Waals surface area contributed by atoms with Crippen LogP contribution in [0.4, 0.5) is 0 Å². The summed E-state index contributed by atoms with van der Waals surface area (Å²) >= 11 is 0. The van der Waals surface area contributed by atoms with Crippen molar-refractivity contribution in [3.8, 4) is 11.5 Å². The lowest BCUT2D eigenvalue weighted by molar-refractivity contribution is 0.101. The lowest BCUT2D eigenvalue weighted by Gasteiger charge is -2.19. The van der Waals surface area contributed by atoms with Crippen molar-refractivity contribution in [2.45, 2.75) is 6.54 Å². The van der Waals surface area contributed by atoms with Crippen LogP contribution in [-0.2, 0) is 6.54 Å². The van der Waals surface area contributed by atoms with Gasteiger partial charge in [-0.1, -0.05) is 6.07 Å². The third-order valence-electron chi connectivity index (χ3n) is 5.92. The first-order valence-corrected chi connectivity index (χ1v) is 11.2. The van der Waals surface area contributed by atoms with Crippen LogP contribution in [-0.4, -0.2) is 38.3 Å². The molecule has 0 fully saturated rings. The van der Waals surface area contributed by atoms with Gasteiger partial charge < -0.3 is 14.0 Å². The maximum Gasteiger partial charge on any atom is 0.278 e. The normalized spacial score (nSPS) is 12.6. The molecule has 1 amide bonds. The summed E-state index contributed by atoms with van der Waals surface area (Å²) in [6, 6.07) is 13.7. The molecule has 5 heterocycles. The number of carbonyl (C=O) groups is 1. The van der Waals surface area contributed by atoms with Gasteiger partial charge in [0.05, 0.1) is 33.9 Å². The molecule has 4 aromatic heterocycles. The minimum atomic E-state index is -0.499. The molecule has 10 heteroatoms. The summed E-state index contributed by atoms with van der Waals surface area (Å²) < 4.78 is 13.8. The molecule has 178 valence electrons. The van der Waals surface area contributed by atoms with E-state index in [-0.39, 0.29) is 10.9 Å². The minimum absolute atomic E-state index is 0.214. The fraction of sp³-hybridized carbons (Fsp3) is 0.115. The number of carbonyl (C=O) groups excluding carboxylic acids is 1. The van der Waals surface area contributed by atoms with Crippen molar-refractivity contribution in [1.82, 2.24) is 19.2 Å². The highest BCUT2D eigenvalue weighted by molar-refractivity contribution is 6.00. The van der Waals surface area contributed by atoms with E-state index in [1.807, 2.05) is 18.2 Å². The molecule has 10 nitrogen and oxygen atoms in total. The second-order valence-corrected chi connectivity index (χ2v) is 8.25. The van der Waals surface area contributed by atoms with Gasteiger partial charge in [-0.05, 0) is 48.0 Å². The second-order valence-electron chi connectivity index (χ2n) is 8.25. The molecule has 0 unspecified atom stereocenters. The summed E-state index contributed by atoms with van der Waals surface area (Å²) in [5.41, 5.74) is 3.83. The number of aromatic nitrogens is 4. The molecule has 0 saturated heterocycles. The monoisotopic (exact) mass is 481 g/mol. The van der Waals surface area contributed by atoms with Crippen LogP contribution in [0.1, 0.15) is 15.9 Å². The zero-order valence-corrected chi connectivity index (χ0v) is 18.9. The van der Waals surface area contributed by atoms with Gasteiger partial charge in [0, 0.05) is 24.8 Å². The highest BCUT2D eigenvalue weighted by Crippen LogP contribution is 2.31. The Hall–Kier alpha value is -4.99. The first-order chi connectivity index (χ1) is 17.6. The SMILES string of the molecule is O=C(Nn1ccc2nc3ccn(Cc4ccc5c(c4)OCCO5)c(=O)c3cc2c1=O)c1cccnc1. The van der Waals surface area contributed by atoms with Crippen LogP contribution in [0, 0.1) is 0 Å². The van der Waals surface area contributed by atoms with E-state index in [1.54, 1.807) is 41.2 Å². The van der Waals surface area contributed by atoms with Gasteiger partial charge in [0.1, 0.15) is 13.2 Å². The van der Waals surface area contributed by atoms with Gasteiger partial charge in [-0.3, -0.25) is 24.8 Å². The first kappa shape index (κ1) is 21.5. The summed E-state index contributed by atoms with van der Waals surface area (Å²) in [6.45, 7) is 1.29. The van der Waals surface area contributed by atoms with Gasteiger partial charge >= 0.3 is 0 Å². The van der Waals surface area contributed by atoms with Gasteiger partial charge in [0.15, 0.2) is 11.5 Å². The zero-order chi connectivity index (χ0) is 24.6. The molecule has 0 spiro atoms. The summed E-state index contributed by atoms with van der Waals surface area (Å²) in [5, 5.41) is 0.515. The molecule has 0 atom stereocenters. The molecule has 36 heavy (non-hydrogen) atoms. The van der Waals surface area contributed by atoms with E-state index in [9.17, 15) is 14.4 Å². The Kier molecular flexibility index (Phi) is 5.18. The van der Waals surface area contributed by atoms with E-state index < -0.39 is 11.5 Å². The van der Waals surface area contributed by atoms with Crippen LogP contribution in [0.25, 0.3) is 21.8 Å². The van der Waals surface area contributed by atoms with Crippen molar-refractivity contribution < 1.29 is 14.3 Å². The molecule has 6 rings (SSSR count). The van der Waals surface area contributed by atoms with Crippen LogP contribution in [0.2, 0.25) is 0 Å². The zero-order valence-electron chi connectivity index (χ0n) is 18.9. The highest BCUT2D eigenvalue weighted by atomic mass is 16.6. The smallest absolute Gasteiger partial charge is 0.278 e. The van der Waals surface area contributed by atoms with E-state index >= 15 is 0 Å². The average Bonchev–Trinajstić information content (AvgIpc) is 2.92. The number of benzene rings is 1. The van der Waals surface area contributed by atoms with Crippen LogP contribution < -0.4 is 26.0 Å². The van der Waals surface area contributed by atoms with Crippen molar-refractivity contribution in [2.24, 2.45) is 0 Å². The van der Waals surface area contributed by atoms with E-state index in [1.165, 1.54) is 18.5 Å². The number of amides is 1. The van der Waals surface area contributed by atoms with Crippen molar-refractivity contribution in [2.75, 3.05) is 18.6 Å². The Morgan fingerprint density at radius 3 is 2.50 bits per heavy atom. The van der Waals surface area contributed by atoms with E-state index in [0.29, 0.717) is 53.2 Å². The van der Waals surface area contributed by atoms with Crippen molar-refractivity contribution in [3.63, 3.8) is 0 Å². The number of fused-ring (bicyclic) bond motifs is 3. The van der Waals surface area contributed by atoms with E-state index in [2.05, 4.69) is 15.4 Å². The number of nitrogens with one attached hydrogen (secondary N) is 1. The van der Waals surface area contributed by atoms with Crippen molar-refractivity contribution in [3.05, 3.63) is 105 Å². The van der Waals surface area contributed by atoms with Crippen LogP contribution in [0.3, 0.4) is 0 Å². The number of pyridine rings is 4. The Balaban J connectivity index is 1.37. The third kappa shape index (κ3) is 3.84. The van der Waals surface area contributed by atoms with Gasteiger partial charge in [-0.2, -0.15) is 0 Å². The van der Waals surface area contributed by atoms with E-state index in [0.717, 1.165) is 10.2 Å². The van der Waals surface area contributed by atoms with Gasteiger partial charge in [0.25, 0.3) is 17.0 Å². The summed E-state index contributed by atoms with van der Waals surface area (Å²) in [6.07, 6.45) is 6.06. The van der Waals surface area contributed by atoms with E-state index in [4.69, 9.17) is 9.47 Å². The molecule has 1 aliphatic rings. The second kappa shape index (κ2) is 8.66. The van der Waals surface area contributed by atoms with Crippen LogP contribution in [0.5, 0.6) is 11.5 Å².